The predicted molar refractivity (Wildman–Crippen MR) is 132 cm³/mol. The van der Waals surface area contributed by atoms with Crippen molar-refractivity contribution in [2.45, 2.75) is 39.8 Å². The van der Waals surface area contributed by atoms with E-state index in [-0.39, 0.29) is 12.0 Å². The second-order valence-corrected chi connectivity index (χ2v) is 8.87. The number of nitrogens with zero attached hydrogens (tertiary/aromatic N) is 4. The Kier molecular flexibility index (Phi) is 7.24. The molecule has 4 rings (SSSR count). The van der Waals surface area contributed by atoms with E-state index in [1.807, 2.05) is 74.0 Å². The van der Waals surface area contributed by atoms with Crippen LogP contribution in [-0.4, -0.2) is 39.7 Å². The van der Waals surface area contributed by atoms with Crippen LogP contribution < -0.4 is 14.4 Å². The molecule has 0 aliphatic carbocycles. The zero-order chi connectivity index (χ0) is 23.2. The van der Waals surface area contributed by atoms with Gasteiger partial charge in [0.2, 0.25) is 0 Å². The summed E-state index contributed by atoms with van der Waals surface area (Å²) in [5, 5.41) is 0.678. The number of aromatic nitrogens is 3. The van der Waals surface area contributed by atoms with Crippen molar-refractivity contribution in [3.63, 3.8) is 0 Å². The fourth-order valence-corrected chi connectivity index (χ4v) is 4.50. The van der Waals surface area contributed by atoms with Crippen molar-refractivity contribution in [3.8, 4) is 11.5 Å². The number of rotatable bonds is 10. The Bertz CT molecular complexity index is 1190. The number of fused-ring (bicyclic) bond motifs is 1. The van der Waals surface area contributed by atoms with Crippen molar-refractivity contribution >= 4 is 32.6 Å². The first kappa shape index (κ1) is 22.8. The second-order valence-electron chi connectivity index (χ2n) is 7.86. The molecular formula is C25H28N4O3S. The van der Waals surface area contributed by atoms with E-state index in [1.165, 1.54) is 11.3 Å². The van der Waals surface area contributed by atoms with Gasteiger partial charge in [0.05, 0.1) is 29.3 Å². The van der Waals surface area contributed by atoms with Crippen LogP contribution in [0.25, 0.3) is 10.2 Å². The van der Waals surface area contributed by atoms with Crippen molar-refractivity contribution in [2.75, 3.05) is 18.1 Å². The number of carbonyl (C=O) groups is 1. The largest absolute Gasteiger partial charge is 0.494 e. The Morgan fingerprint density at radius 2 is 1.94 bits per heavy atom. The zero-order valence-corrected chi connectivity index (χ0v) is 19.9. The number of ether oxygens (including phenoxy) is 2. The van der Waals surface area contributed by atoms with Gasteiger partial charge in [-0.05, 0) is 69.7 Å². The normalized spacial score (nSPS) is 11.2. The topological polar surface area (TPSA) is 69.5 Å². The molecule has 7 nitrogen and oxygen atoms in total. The summed E-state index contributed by atoms with van der Waals surface area (Å²) in [4.78, 5) is 24.1. The van der Waals surface area contributed by atoms with Crippen LogP contribution >= 0.6 is 11.3 Å². The van der Waals surface area contributed by atoms with E-state index in [4.69, 9.17) is 14.5 Å². The summed E-state index contributed by atoms with van der Waals surface area (Å²) in [5.41, 5.74) is 1.45. The Morgan fingerprint density at radius 3 is 2.64 bits per heavy atom. The highest BCUT2D eigenvalue weighted by Gasteiger charge is 2.21. The highest BCUT2D eigenvalue weighted by atomic mass is 32.1. The number of thiazole rings is 1. The molecule has 172 valence electrons. The fraction of sp³-hybridized carbons (Fsp3) is 0.320. The summed E-state index contributed by atoms with van der Waals surface area (Å²) >= 11 is 1.50. The average Bonchev–Trinajstić information content (AvgIpc) is 3.46. The third kappa shape index (κ3) is 5.70. The van der Waals surface area contributed by atoms with Gasteiger partial charge >= 0.3 is 0 Å². The standard InChI is InChI=1S/C25H28N4O3S/c1-4-31-21-10-11-22-23(16-21)33-25(27-22)29(14-5-13-28-15-12-26-17-28)24(30)19-6-8-20(9-7-19)32-18(2)3/h6-12,15-18H,4-5,13-14H2,1-3H3. The molecule has 0 bridgehead atoms. The molecular weight excluding hydrogens is 436 g/mol. The lowest BCUT2D eigenvalue weighted by atomic mass is 10.2. The van der Waals surface area contributed by atoms with Crippen LogP contribution in [0.1, 0.15) is 37.6 Å². The Balaban J connectivity index is 1.59. The van der Waals surface area contributed by atoms with Gasteiger partial charge in [0, 0.05) is 31.0 Å². The van der Waals surface area contributed by atoms with Gasteiger partial charge in [0.25, 0.3) is 5.91 Å². The van der Waals surface area contributed by atoms with Crippen molar-refractivity contribution in [1.29, 1.82) is 0 Å². The van der Waals surface area contributed by atoms with Gasteiger partial charge in [-0.2, -0.15) is 0 Å². The van der Waals surface area contributed by atoms with E-state index in [0.717, 1.165) is 34.7 Å². The van der Waals surface area contributed by atoms with Crippen molar-refractivity contribution in [1.82, 2.24) is 14.5 Å². The molecule has 0 radical (unpaired) electrons. The van der Waals surface area contributed by atoms with E-state index in [1.54, 1.807) is 17.4 Å². The zero-order valence-electron chi connectivity index (χ0n) is 19.1. The summed E-state index contributed by atoms with van der Waals surface area (Å²) in [6.45, 7) is 7.83. The predicted octanol–water partition coefficient (Wildman–Crippen LogP) is 5.42. The van der Waals surface area contributed by atoms with Gasteiger partial charge < -0.3 is 14.0 Å². The molecule has 0 fully saturated rings. The van der Waals surface area contributed by atoms with Crippen LogP contribution in [0, 0.1) is 0 Å². The molecule has 33 heavy (non-hydrogen) atoms. The summed E-state index contributed by atoms with van der Waals surface area (Å²) in [6, 6.07) is 13.1. The van der Waals surface area contributed by atoms with Crippen LogP contribution in [0.15, 0.2) is 61.2 Å². The first-order valence-electron chi connectivity index (χ1n) is 11.1. The summed E-state index contributed by atoms with van der Waals surface area (Å²) in [5.74, 6) is 1.47. The molecule has 4 aromatic rings. The number of benzene rings is 2. The number of hydrogen-bond donors (Lipinski definition) is 0. The monoisotopic (exact) mass is 464 g/mol. The minimum Gasteiger partial charge on any atom is -0.494 e. The molecule has 2 aromatic heterocycles. The number of anilines is 1. The summed E-state index contributed by atoms with van der Waals surface area (Å²) < 4.78 is 14.3. The lowest BCUT2D eigenvalue weighted by Gasteiger charge is -2.20. The van der Waals surface area contributed by atoms with Crippen LogP contribution in [0.5, 0.6) is 11.5 Å². The van der Waals surface area contributed by atoms with Crippen LogP contribution in [0.3, 0.4) is 0 Å². The number of imidazole rings is 1. The lowest BCUT2D eigenvalue weighted by Crippen LogP contribution is -2.32. The van der Waals surface area contributed by atoms with Crippen molar-refractivity contribution in [3.05, 3.63) is 66.7 Å². The molecule has 1 amide bonds. The van der Waals surface area contributed by atoms with E-state index in [2.05, 4.69) is 4.98 Å². The molecule has 0 spiro atoms. The highest BCUT2D eigenvalue weighted by molar-refractivity contribution is 7.22. The van der Waals surface area contributed by atoms with E-state index < -0.39 is 0 Å². The number of hydrogen-bond acceptors (Lipinski definition) is 6. The Morgan fingerprint density at radius 1 is 1.15 bits per heavy atom. The van der Waals surface area contributed by atoms with Crippen LogP contribution in [0.2, 0.25) is 0 Å². The minimum atomic E-state index is -0.0826. The van der Waals surface area contributed by atoms with Crippen molar-refractivity contribution < 1.29 is 14.3 Å². The van der Waals surface area contributed by atoms with Gasteiger partial charge in [-0.25, -0.2) is 9.97 Å². The molecule has 0 N–H and O–H groups in total. The third-order valence-corrected chi connectivity index (χ3v) is 6.01. The van der Waals surface area contributed by atoms with Gasteiger partial charge in [0.1, 0.15) is 11.5 Å². The number of carbonyl (C=O) groups excluding carboxylic acids is 1. The molecule has 0 atom stereocenters. The maximum Gasteiger partial charge on any atom is 0.260 e. The van der Waals surface area contributed by atoms with E-state index in [0.29, 0.717) is 23.8 Å². The molecule has 0 saturated carbocycles. The van der Waals surface area contributed by atoms with E-state index >= 15 is 0 Å². The average molecular weight is 465 g/mol. The molecule has 8 heteroatoms. The molecule has 2 aromatic carbocycles. The van der Waals surface area contributed by atoms with Crippen LogP contribution in [0.4, 0.5) is 5.13 Å². The molecule has 2 heterocycles. The van der Waals surface area contributed by atoms with Crippen molar-refractivity contribution in [2.24, 2.45) is 0 Å². The van der Waals surface area contributed by atoms with Gasteiger partial charge in [-0.3, -0.25) is 9.69 Å². The first-order chi connectivity index (χ1) is 16.0. The Labute approximate surface area is 197 Å². The highest BCUT2D eigenvalue weighted by Crippen LogP contribution is 2.32. The minimum absolute atomic E-state index is 0.0792. The smallest absolute Gasteiger partial charge is 0.260 e. The van der Waals surface area contributed by atoms with Gasteiger partial charge in [-0.15, -0.1) is 0 Å². The van der Waals surface area contributed by atoms with E-state index in [9.17, 15) is 4.79 Å². The Hall–Kier alpha value is -3.39. The first-order valence-corrected chi connectivity index (χ1v) is 11.9. The molecule has 0 aliphatic heterocycles. The molecule has 0 saturated heterocycles. The maximum atomic E-state index is 13.5. The third-order valence-electron chi connectivity index (χ3n) is 4.97. The summed E-state index contributed by atoms with van der Waals surface area (Å²) in [7, 11) is 0. The number of aryl methyl sites for hydroxylation is 1. The fourth-order valence-electron chi connectivity index (χ4n) is 3.48. The second kappa shape index (κ2) is 10.5. The maximum absolute atomic E-state index is 13.5. The lowest BCUT2D eigenvalue weighted by molar-refractivity contribution is 0.0986. The quantitative estimate of drug-likeness (QED) is 0.314. The number of amides is 1. The van der Waals surface area contributed by atoms with Crippen LogP contribution in [-0.2, 0) is 6.54 Å². The SMILES string of the molecule is CCOc1ccc2nc(N(CCCn3ccnc3)C(=O)c3ccc(OC(C)C)cc3)sc2c1. The molecule has 0 aliphatic rings. The molecule has 0 unspecified atom stereocenters. The van der Waals surface area contributed by atoms with Gasteiger partial charge in [0.15, 0.2) is 5.13 Å². The summed E-state index contributed by atoms with van der Waals surface area (Å²) in [6.07, 6.45) is 6.32. The van der Waals surface area contributed by atoms with Gasteiger partial charge in [-0.1, -0.05) is 11.3 Å².